The van der Waals surface area contributed by atoms with E-state index in [0.717, 1.165) is 25.2 Å². The van der Waals surface area contributed by atoms with Crippen LogP contribution in [0.25, 0.3) is 0 Å². The van der Waals surface area contributed by atoms with Crippen LogP contribution < -0.4 is 10.6 Å². The smallest absolute Gasteiger partial charge is 0.315 e. The minimum atomic E-state index is -0.0977. The number of fused-ring (bicyclic) bond motifs is 1. The van der Waals surface area contributed by atoms with E-state index < -0.39 is 0 Å². The highest BCUT2D eigenvalue weighted by atomic mass is 16.5. The molecule has 2 heterocycles. The largest absolute Gasteiger partial charge is 0.467 e. The summed E-state index contributed by atoms with van der Waals surface area (Å²) in [4.78, 5) is 12.0. The van der Waals surface area contributed by atoms with Crippen molar-refractivity contribution in [2.24, 2.45) is 11.3 Å². The first-order chi connectivity index (χ1) is 11.1. The first-order valence-corrected chi connectivity index (χ1v) is 8.35. The van der Waals surface area contributed by atoms with Gasteiger partial charge < -0.3 is 24.5 Å². The molecule has 0 spiro atoms. The van der Waals surface area contributed by atoms with Crippen molar-refractivity contribution in [3.63, 3.8) is 0 Å². The molecule has 1 aliphatic carbocycles. The molecule has 0 aromatic carbocycles. The summed E-state index contributed by atoms with van der Waals surface area (Å²) in [6.07, 6.45) is 3.74. The molecule has 1 aliphatic heterocycles. The molecule has 6 nitrogen and oxygen atoms in total. The van der Waals surface area contributed by atoms with E-state index in [-0.39, 0.29) is 17.5 Å². The van der Waals surface area contributed by atoms with Crippen LogP contribution in [-0.2, 0) is 16.1 Å². The molecule has 3 atom stereocenters. The van der Waals surface area contributed by atoms with Crippen molar-refractivity contribution in [3.05, 3.63) is 24.2 Å². The van der Waals surface area contributed by atoms with Gasteiger partial charge in [0.1, 0.15) is 12.4 Å². The monoisotopic (exact) mass is 322 g/mol. The Balaban J connectivity index is 1.28. The van der Waals surface area contributed by atoms with E-state index in [4.69, 9.17) is 13.9 Å². The van der Waals surface area contributed by atoms with Crippen molar-refractivity contribution in [1.82, 2.24) is 10.6 Å². The second kappa shape index (κ2) is 6.93. The zero-order valence-corrected chi connectivity index (χ0v) is 13.8. The second-order valence-electron chi connectivity index (χ2n) is 6.93. The highest BCUT2D eigenvalue weighted by Gasteiger charge is 2.59. The molecule has 0 radical (unpaired) electrons. The van der Waals surface area contributed by atoms with Gasteiger partial charge in [-0.15, -0.1) is 0 Å². The zero-order chi connectivity index (χ0) is 16.3. The molecule has 2 fully saturated rings. The molecule has 1 saturated heterocycles. The van der Waals surface area contributed by atoms with Crippen molar-refractivity contribution in [2.75, 3.05) is 19.8 Å². The SMILES string of the molecule is CC1(C)[C@H](NC(=O)NCCCOCc2ccco2)[C@@H]2CCO[C@@H]21. The Labute approximate surface area is 136 Å². The minimum absolute atomic E-state index is 0.0185. The Bertz CT molecular complexity index is 515. The first-order valence-electron chi connectivity index (χ1n) is 8.35. The van der Waals surface area contributed by atoms with Crippen molar-refractivity contribution < 1.29 is 18.7 Å². The maximum Gasteiger partial charge on any atom is 0.315 e. The Morgan fingerprint density at radius 1 is 1.48 bits per heavy atom. The zero-order valence-electron chi connectivity index (χ0n) is 13.8. The van der Waals surface area contributed by atoms with E-state index in [1.54, 1.807) is 6.26 Å². The summed E-state index contributed by atoms with van der Waals surface area (Å²) in [5.74, 6) is 1.28. The predicted molar refractivity (Wildman–Crippen MR) is 84.9 cm³/mol. The van der Waals surface area contributed by atoms with Gasteiger partial charge in [-0.2, -0.15) is 0 Å². The van der Waals surface area contributed by atoms with Gasteiger partial charge in [0.25, 0.3) is 0 Å². The number of rotatable bonds is 7. The van der Waals surface area contributed by atoms with Crippen molar-refractivity contribution in [1.29, 1.82) is 0 Å². The van der Waals surface area contributed by atoms with Gasteiger partial charge in [0.15, 0.2) is 0 Å². The number of furan rings is 1. The van der Waals surface area contributed by atoms with Crippen LogP contribution in [0.3, 0.4) is 0 Å². The molecule has 23 heavy (non-hydrogen) atoms. The maximum atomic E-state index is 12.0. The molecule has 1 aromatic heterocycles. The highest BCUT2D eigenvalue weighted by molar-refractivity contribution is 5.74. The number of nitrogens with one attached hydrogen (secondary N) is 2. The van der Waals surface area contributed by atoms with Crippen LogP contribution in [0.2, 0.25) is 0 Å². The normalized spacial score (nSPS) is 28.0. The van der Waals surface area contributed by atoms with Crippen molar-refractivity contribution in [3.8, 4) is 0 Å². The van der Waals surface area contributed by atoms with Crippen LogP contribution in [0.15, 0.2) is 22.8 Å². The number of ether oxygens (including phenoxy) is 2. The minimum Gasteiger partial charge on any atom is -0.467 e. The van der Waals surface area contributed by atoms with E-state index in [2.05, 4.69) is 24.5 Å². The quantitative estimate of drug-likeness (QED) is 0.756. The summed E-state index contributed by atoms with van der Waals surface area (Å²) >= 11 is 0. The van der Waals surface area contributed by atoms with E-state index in [1.807, 2.05) is 12.1 Å². The van der Waals surface area contributed by atoms with Gasteiger partial charge in [-0.05, 0) is 25.0 Å². The lowest BCUT2D eigenvalue weighted by Gasteiger charge is -2.54. The van der Waals surface area contributed by atoms with Gasteiger partial charge in [-0.3, -0.25) is 0 Å². The summed E-state index contributed by atoms with van der Waals surface area (Å²) in [5, 5.41) is 6.00. The average molecular weight is 322 g/mol. The standard InChI is InChI=1S/C17H26N2O4/c1-17(2)14(13-6-10-23-15(13)17)19-16(20)18-7-4-8-21-11-12-5-3-9-22-12/h3,5,9,13-15H,4,6-8,10-11H2,1-2H3,(H2,18,19,20)/t13-,14+,15-/m0/s1. The number of urea groups is 1. The molecule has 0 unspecified atom stereocenters. The van der Waals surface area contributed by atoms with Gasteiger partial charge in [0.2, 0.25) is 0 Å². The van der Waals surface area contributed by atoms with Crippen LogP contribution in [0, 0.1) is 11.3 Å². The van der Waals surface area contributed by atoms with Gasteiger partial charge in [0, 0.05) is 37.1 Å². The lowest BCUT2D eigenvalue weighted by atomic mass is 9.57. The molecule has 2 amide bonds. The molecule has 2 aliphatic rings. The number of carbonyl (C=O) groups excluding carboxylic acids is 1. The molecule has 0 bridgehead atoms. The van der Waals surface area contributed by atoms with Crippen molar-refractivity contribution in [2.45, 2.75) is 45.4 Å². The van der Waals surface area contributed by atoms with Crippen LogP contribution >= 0.6 is 0 Å². The molecular weight excluding hydrogens is 296 g/mol. The third kappa shape index (κ3) is 3.53. The van der Waals surface area contributed by atoms with Crippen LogP contribution in [0.1, 0.15) is 32.4 Å². The van der Waals surface area contributed by atoms with E-state index in [9.17, 15) is 4.79 Å². The average Bonchev–Trinajstić information content (AvgIpc) is 3.18. The Morgan fingerprint density at radius 2 is 2.35 bits per heavy atom. The lowest BCUT2D eigenvalue weighted by molar-refractivity contribution is -0.108. The van der Waals surface area contributed by atoms with Crippen LogP contribution in [0.4, 0.5) is 4.79 Å². The number of carbonyl (C=O) groups is 1. The Kier molecular flexibility index (Phi) is 4.92. The van der Waals surface area contributed by atoms with E-state index in [0.29, 0.717) is 31.8 Å². The molecule has 1 saturated carbocycles. The van der Waals surface area contributed by atoms with Gasteiger partial charge >= 0.3 is 6.03 Å². The number of hydrogen-bond acceptors (Lipinski definition) is 4. The first kappa shape index (κ1) is 16.3. The summed E-state index contributed by atoms with van der Waals surface area (Å²) in [5.41, 5.74) is 0.0185. The third-order valence-electron chi connectivity index (χ3n) is 4.96. The second-order valence-corrected chi connectivity index (χ2v) is 6.93. The molecular formula is C17H26N2O4. The summed E-state index contributed by atoms with van der Waals surface area (Å²) in [6, 6.07) is 3.82. The van der Waals surface area contributed by atoms with Crippen LogP contribution in [0.5, 0.6) is 0 Å². The molecule has 128 valence electrons. The topological polar surface area (TPSA) is 72.7 Å². The molecule has 3 rings (SSSR count). The Morgan fingerprint density at radius 3 is 3.13 bits per heavy atom. The molecule has 2 N–H and O–H groups in total. The number of hydrogen-bond donors (Lipinski definition) is 2. The molecule has 6 heteroatoms. The van der Waals surface area contributed by atoms with Gasteiger partial charge in [-0.1, -0.05) is 13.8 Å². The summed E-state index contributed by atoms with van der Waals surface area (Å²) in [7, 11) is 0. The van der Waals surface area contributed by atoms with Crippen molar-refractivity contribution >= 4 is 6.03 Å². The van der Waals surface area contributed by atoms with Gasteiger partial charge in [0.05, 0.1) is 12.4 Å². The van der Waals surface area contributed by atoms with E-state index >= 15 is 0 Å². The summed E-state index contributed by atoms with van der Waals surface area (Å²) < 4.78 is 16.4. The summed E-state index contributed by atoms with van der Waals surface area (Å²) in [6.45, 7) is 6.79. The highest BCUT2D eigenvalue weighted by Crippen LogP contribution is 2.51. The van der Waals surface area contributed by atoms with E-state index in [1.165, 1.54) is 0 Å². The Hall–Kier alpha value is -1.53. The predicted octanol–water partition coefficient (Wildman–Crippen LogP) is 2.30. The van der Waals surface area contributed by atoms with Crippen LogP contribution in [-0.4, -0.2) is 37.9 Å². The fourth-order valence-corrected chi connectivity index (χ4v) is 3.75. The van der Waals surface area contributed by atoms with Gasteiger partial charge in [-0.25, -0.2) is 4.79 Å². The fraction of sp³-hybridized carbons (Fsp3) is 0.706. The third-order valence-corrected chi connectivity index (χ3v) is 4.96. The molecule has 1 aromatic rings. The number of amides is 2. The maximum absolute atomic E-state index is 12.0. The lowest BCUT2D eigenvalue weighted by Crippen LogP contribution is -2.67. The fourth-order valence-electron chi connectivity index (χ4n) is 3.75.